The van der Waals surface area contributed by atoms with Gasteiger partial charge in [0.05, 0.1) is 27.9 Å². The normalized spacial score (nSPS) is 22.0. The van der Waals surface area contributed by atoms with Crippen LogP contribution in [0.1, 0.15) is 116 Å². The van der Waals surface area contributed by atoms with Crippen LogP contribution in [0.25, 0.3) is 10.9 Å². The number of aromatic nitrogens is 1. The first-order valence-electron chi connectivity index (χ1n) is 22.1. The predicted octanol–water partition coefficient (Wildman–Crippen LogP) is 7.42. The molecule has 1 saturated carbocycles. The van der Waals surface area contributed by atoms with Gasteiger partial charge in [0, 0.05) is 66.9 Å². The SMILES string of the molecule is CC(C)n1ccc2c(N3CCC(=O)NC3O)cc(C(=O)N3CCC4(CCN(CCCc5ccc(C(=O)NC6CCC(Oc7ccc(C#N)c(Cl)c7)CC6)cc5)CC4)CC3)cc21. The lowest BCUT2D eigenvalue weighted by atomic mass is 9.71. The summed E-state index contributed by atoms with van der Waals surface area (Å²) in [6.45, 7) is 9.28. The molecular formula is C48H58ClN7O5. The van der Waals surface area contributed by atoms with Crippen molar-refractivity contribution >= 4 is 45.9 Å². The van der Waals surface area contributed by atoms with Crippen molar-refractivity contribution in [3.63, 3.8) is 0 Å². The van der Waals surface area contributed by atoms with E-state index >= 15 is 0 Å². The Labute approximate surface area is 363 Å². The number of likely N-dealkylation sites (tertiary alicyclic amines) is 2. The maximum absolute atomic E-state index is 14.1. The highest BCUT2D eigenvalue weighted by Gasteiger charge is 2.39. The van der Waals surface area contributed by atoms with Gasteiger partial charge in [-0.2, -0.15) is 5.26 Å². The first-order chi connectivity index (χ1) is 29.5. The van der Waals surface area contributed by atoms with Gasteiger partial charge in [-0.1, -0.05) is 23.7 Å². The number of hydrogen-bond acceptors (Lipinski definition) is 8. The van der Waals surface area contributed by atoms with Crippen molar-refractivity contribution in [2.75, 3.05) is 44.2 Å². The van der Waals surface area contributed by atoms with Gasteiger partial charge in [0.25, 0.3) is 11.8 Å². The summed E-state index contributed by atoms with van der Waals surface area (Å²) in [7, 11) is 0. The minimum absolute atomic E-state index is 0.0220. The molecule has 1 atom stereocenters. The summed E-state index contributed by atoms with van der Waals surface area (Å²) in [5, 5.41) is 27.1. The number of ether oxygens (including phenoxy) is 1. The van der Waals surface area contributed by atoms with Gasteiger partial charge in [-0.25, -0.2) is 0 Å². The number of aliphatic hydroxyl groups is 1. The average Bonchev–Trinajstić information content (AvgIpc) is 3.70. The third-order valence-corrected chi connectivity index (χ3v) is 14.0. The summed E-state index contributed by atoms with van der Waals surface area (Å²) in [6, 6.07) is 21.5. The lowest BCUT2D eigenvalue weighted by molar-refractivity contribution is -0.125. The smallest absolute Gasteiger partial charge is 0.254 e. The second-order valence-electron chi connectivity index (χ2n) is 17.9. The van der Waals surface area contributed by atoms with Crippen LogP contribution in [0.3, 0.4) is 0 Å². The second kappa shape index (κ2) is 18.5. The van der Waals surface area contributed by atoms with Crippen LogP contribution in [0.4, 0.5) is 5.69 Å². The third kappa shape index (κ3) is 9.70. The van der Waals surface area contributed by atoms with Gasteiger partial charge < -0.3 is 39.7 Å². The minimum Gasteiger partial charge on any atom is -0.490 e. The molecule has 4 aromatic rings. The van der Waals surface area contributed by atoms with Crippen molar-refractivity contribution in [1.29, 1.82) is 5.26 Å². The van der Waals surface area contributed by atoms with Crippen LogP contribution >= 0.6 is 11.6 Å². The summed E-state index contributed by atoms with van der Waals surface area (Å²) in [4.78, 5) is 45.5. The van der Waals surface area contributed by atoms with E-state index in [0.717, 1.165) is 114 Å². The zero-order valence-electron chi connectivity index (χ0n) is 35.4. The fourth-order valence-corrected chi connectivity index (χ4v) is 10.1. The van der Waals surface area contributed by atoms with Crippen LogP contribution < -0.4 is 20.3 Å². The number of halogens is 1. The Morgan fingerprint density at radius 3 is 2.34 bits per heavy atom. The standard InChI is InChI=1S/C48H58ClN7O5/c1-32(2)55-22-15-40-42(55)28-36(29-43(40)56-23-16-44(57)52-47(56)60)46(59)54-26-19-48(20-27-54)17-24-53(25-18-48)21-3-4-33-5-7-34(8-6-33)45(58)51-37-10-13-38(14-11-37)61-39-12-9-35(31-50)41(49)30-39/h5-9,12,15,22,28-30,32,37-38,47,60H,3-4,10-11,13-14,16-21,23-27H2,1-2H3,(H,51,58)(H,52,57). The number of anilines is 1. The van der Waals surface area contributed by atoms with Gasteiger partial charge in [-0.15, -0.1) is 0 Å². The van der Waals surface area contributed by atoms with E-state index in [0.29, 0.717) is 34.0 Å². The molecule has 4 fully saturated rings. The quantitative estimate of drug-likeness (QED) is 0.142. The molecule has 61 heavy (non-hydrogen) atoms. The Balaban J connectivity index is 0.763. The lowest BCUT2D eigenvalue weighted by Gasteiger charge is -2.47. The van der Waals surface area contributed by atoms with Crippen LogP contribution in [0, 0.1) is 16.7 Å². The number of benzene rings is 3. The van der Waals surface area contributed by atoms with Crippen LogP contribution in [-0.4, -0.2) is 95.0 Å². The molecule has 8 rings (SSSR count). The number of aryl methyl sites for hydroxylation is 1. The zero-order valence-corrected chi connectivity index (χ0v) is 36.1. The van der Waals surface area contributed by atoms with Crippen molar-refractivity contribution in [1.82, 2.24) is 25.0 Å². The van der Waals surface area contributed by atoms with E-state index in [2.05, 4.69) is 52.2 Å². The van der Waals surface area contributed by atoms with Crippen LogP contribution in [0.2, 0.25) is 5.02 Å². The van der Waals surface area contributed by atoms with E-state index in [4.69, 9.17) is 21.6 Å². The maximum atomic E-state index is 14.1. The number of piperidine rings is 2. The lowest BCUT2D eigenvalue weighted by Crippen LogP contribution is -2.54. The minimum atomic E-state index is -1.14. The largest absolute Gasteiger partial charge is 0.490 e. The number of carbonyl (C=O) groups excluding carboxylic acids is 3. The van der Waals surface area contributed by atoms with Crippen molar-refractivity contribution in [2.24, 2.45) is 5.41 Å². The van der Waals surface area contributed by atoms with Gasteiger partial charge in [0.15, 0.2) is 0 Å². The van der Waals surface area contributed by atoms with E-state index in [1.54, 1.807) is 23.1 Å². The van der Waals surface area contributed by atoms with Gasteiger partial charge >= 0.3 is 0 Å². The highest BCUT2D eigenvalue weighted by atomic mass is 35.5. The molecule has 3 amide bonds. The summed E-state index contributed by atoms with van der Waals surface area (Å²) in [5.41, 5.74) is 4.96. The van der Waals surface area contributed by atoms with E-state index < -0.39 is 6.35 Å². The molecule has 3 N–H and O–H groups in total. The van der Waals surface area contributed by atoms with E-state index in [9.17, 15) is 19.5 Å². The van der Waals surface area contributed by atoms with Gasteiger partial charge in [-0.3, -0.25) is 14.4 Å². The van der Waals surface area contributed by atoms with Crippen molar-refractivity contribution < 1.29 is 24.2 Å². The summed E-state index contributed by atoms with van der Waals surface area (Å²) in [5.74, 6) is 0.469. The molecule has 322 valence electrons. The number of hydrogen-bond donors (Lipinski definition) is 3. The number of aliphatic hydroxyl groups excluding tert-OH is 1. The first kappa shape index (κ1) is 42.6. The van der Waals surface area contributed by atoms with Crippen LogP contribution in [0.5, 0.6) is 5.75 Å². The van der Waals surface area contributed by atoms with Gasteiger partial charge in [-0.05, 0) is 151 Å². The average molecular weight is 848 g/mol. The van der Waals surface area contributed by atoms with Crippen molar-refractivity contribution in [2.45, 2.75) is 109 Å². The number of rotatable bonds is 11. The number of amides is 3. The van der Waals surface area contributed by atoms with Crippen LogP contribution in [-0.2, 0) is 11.2 Å². The van der Waals surface area contributed by atoms with Gasteiger partial charge in [0.1, 0.15) is 11.8 Å². The van der Waals surface area contributed by atoms with E-state index in [-0.39, 0.29) is 47.7 Å². The number of nitrogens with one attached hydrogen (secondary N) is 2. The van der Waals surface area contributed by atoms with Crippen LogP contribution in [0.15, 0.2) is 66.9 Å². The van der Waals surface area contributed by atoms with Crippen molar-refractivity contribution in [3.8, 4) is 11.8 Å². The summed E-state index contributed by atoms with van der Waals surface area (Å²) >= 11 is 6.16. The Bertz CT molecular complexity index is 2260. The molecule has 3 saturated heterocycles. The first-order valence-corrected chi connectivity index (χ1v) is 22.5. The maximum Gasteiger partial charge on any atom is 0.254 e. The highest BCUT2D eigenvalue weighted by molar-refractivity contribution is 6.31. The van der Waals surface area contributed by atoms with Crippen molar-refractivity contribution in [3.05, 3.63) is 94.1 Å². The molecule has 3 aliphatic heterocycles. The Hall–Kier alpha value is -5.09. The molecule has 0 bridgehead atoms. The molecule has 4 aliphatic rings. The van der Waals surface area contributed by atoms with E-state index in [1.165, 1.54) is 5.56 Å². The fraction of sp³-hybridized carbons (Fsp3) is 0.500. The number of fused-ring (bicyclic) bond motifs is 1. The Morgan fingerprint density at radius 1 is 0.951 bits per heavy atom. The topological polar surface area (TPSA) is 143 Å². The summed E-state index contributed by atoms with van der Waals surface area (Å²) in [6.07, 6.45) is 10.9. The molecule has 12 nitrogen and oxygen atoms in total. The zero-order chi connectivity index (χ0) is 42.7. The number of carbonyl (C=O) groups is 3. The molecule has 0 radical (unpaired) electrons. The molecule has 3 aromatic carbocycles. The Morgan fingerprint density at radius 2 is 1.67 bits per heavy atom. The van der Waals surface area contributed by atoms with Gasteiger partial charge in [0.2, 0.25) is 12.3 Å². The molecule has 13 heteroatoms. The van der Waals surface area contributed by atoms with E-state index in [1.807, 2.05) is 41.4 Å². The molecule has 4 heterocycles. The molecule has 1 unspecified atom stereocenters. The highest BCUT2D eigenvalue weighted by Crippen LogP contribution is 2.42. The third-order valence-electron chi connectivity index (χ3n) is 13.7. The number of nitriles is 1. The summed E-state index contributed by atoms with van der Waals surface area (Å²) < 4.78 is 8.27. The second-order valence-corrected chi connectivity index (χ2v) is 18.3. The molecular weight excluding hydrogens is 790 g/mol. The molecule has 1 spiro atoms. The molecule has 1 aliphatic carbocycles. The predicted molar refractivity (Wildman–Crippen MR) is 237 cm³/mol. The monoisotopic (exact) mass is 847 g/mol. The fourth-order valence-electron chi connectivity index (χ4n) is 9.84. The Kier molecular flexibility index (Phi) is 12.9. The number of nitrogens with zero attached hydrogens (tertiary/aromatic N) is 5. The molecule has 1 aromatic heterocycles.